The molecule has 4 rings (SSSR count). The number of aromatic nitrogens is 1. The monoisotopic (exact) mass is 382 g/mol. The third-order valence-electron chi connectivity index (χ3n) is 6.48. The van der Waals surface area contributed by atoms with E-state index in [-0.39, 0.29) is 5.97 Å². The van der Waals surface area contributed by atoms with Gasteiger partial charge in [-0.15, -0.1) is 0 Å². The van der Waals surface area contributed by atoms with Gasteiger partial charge in [-0.3, -0.25) is 9.69 Å². The second-order valence-corrected chi connectivity index (χ2v) is 9.65. The van der Waals surface area contributed by atoms with E-state index in [1.165, 1.54) is 41.5 Å². The lowest BCUT2D eigenvalue weighted by Gasteiger charge is -2.47. The summed E-state index contributed by atoms with van der Waals surface area (Å²) in [6.45, 7) is 10.4. The van der Waals surface area contributed by atoms with Crippen molar-refractivity contribution < 1.29 is 9.53 Å². The van der Waals surface area contributed by atoms with Gasteiger partial charge in [-0.1, -0.05) is 31.5 Å². The number of carbonyl (C=O) groups excluding carboxylic acids is 1. The number of carbonyl (C=O) groups is 1. The first-order valence-corrected chi connectivity index (χ1v) is 10.9. The van der Waals surface area contributed by atoms with Gasteiger partial charge in [0.2, 0.25) is 0 Å². The van der Waals surface area contributed by atoms with Gasteiger partial charge in [-0.05, 0) is 63.5 Å². The highest BCUT2D eigenvalue weighted by Crippen LogP contribution is 2.46. The molecule has 3 atom stereocenters. The molecular weight excluding hydrogens is 348 g/mol. The van der Waals surface area contributed by atoms with Crippen molar-refractivity contribution in [2.24, 2.45) is 11.8 Å². The summed E-state index contributed by atoms with van der Waals surface area (Å²) in [6.07, 6.45) is 4.95. The molecule has 3 heterocycles. The highest BCUT2D eigenvalue weighted by atomic mass is 16.6. The van der Waals surface area contributed by atoms with Gasteiger partial charge in [0.25, 0.3) is 0 Å². The number of piperidine rings is 1. The van der Waals surface area contributed by atoms with E-state index in [9.17, 15) is 4.79 Å². The molecule has 2 aliphatic heterocycles. The molecule has 0 radical (unpaired) electrons. The van der Waals surface area contributed by atoms with Gasteiger partial charge in [0.15, 0.2) is 0 Å². The van der Waals surface area contributed by atoms with Gasteiger partial charge in [-0.25, -0.2) is 0 Å². The van der Waals surface area contributed by atoms with Gasteiger partial charge in [0.05, 0.1) is 6.04 Å². The van der Waals surface area contributed by atoms with Crippen LogP contribution in [-0.2, 0) is 16.0 Å². The minimum absolute atomic E-state index is 0.0645. The molecule has 2 aliphatic rings. The van der Waals surface area contributed by atoms with Crippen LogP contribution in [0.4, 0.5) is 0 Å². The Hall–Kier alpha value is -1.81. The van der Waals surface area contributed by atoms with E-state index in [1.807, 2.05) is 20.8 Å². The van der Waals surface area contributed by atoms with E-state index in [0.717, 1.165) is 25.3 Å². The molecule has 0 saturated carbocycles. The van der Waals surface area contributed by atoms with Gasteiger partial charge >= 0.3 is 5.97 Å². The summed E-state index contributed by atoms with van der Waals surface area (Å²) in [6, 6.07) is 9.08. The van der Waals surface area contributed by atoms with Crippen LogP contribution in [-0.4, -0.2) is 34.5 Å². The molecule has 4 nitrogen and oxygen atoms in total. The number of fused-ring (bicyclic) bond motifs is 5. The van der Waals surface area contributed by atoms with Gasteiger partial charge in [0.1, 0.15) is 5.60 Å². The van der Waals surface area contributed by atoms with Crippen LogP contribution in [0.3, 0.4) is 0 Å². The lowest BCUT2D eigenvalue weighted by molar-refractivity contribution is -0.155. The van der Waals surface area contributed by atoms with Crippen LogP contribution in [0, 0.1) is 11.8 Å². The zero-order valence-corrected chi connectivity index (χ0v) is 17.8. The van der Waals surface area contributed by atoms with E-state index in [4.69, 9.17) is 4.74 Å². The Morgan fingerprint density at radius 3 is 2.82 bits per heavy atom. The molecule has 28 heavy (non-hydrogen) atoms. The number of hydrogen-bond acceptors (Lipinski definition) is 3. The van der Waals surface area contributed by atoms with Crippen LogP contribution >= 0.6 is 0 Å². The summed E-state index contributed by atoms with van der Waals surface area (Å²) in [5, 5.41) is 1.38. The van der Waals surface area contributed by atoms with Crippen LogP contribution in [0.5, 0.6) is 0 Å². The van der Waals surface area contributed by atoms with Crippen LogP contribution < -0.4 is 0 Å². The second-order valence-electron chi connectivity index (χ2n) is 9.65. The Kier molecular flexibility index (Phi) is 5.26. The van der Waals surface area contributed by atoms with Crippen LogP contribution in [0.25, 0.3) is 10.9 Å². The fourth-order valence-electron chi connectivity index (χ4n) is 5.29. The van der Waals surface area contributed by atoms with E-state index < -0.39 is 5.60 Å². The molecular formula is C24H34N2O2. The van der Waals surface area contributed by atoms with Crippen molar-refractivity contribution >= 4 is 16.9 Å². The zero-order chi connectivity index (χ0) is 19.9. The molecule has 1 N–H and O–H groups in total. The van der Waals surface area contributed by atoms with Crippen molar-refractivity contribution in [3.8, 4) is 0 Å². The minimum atomic E-state index is -0.406. The number of ether oxygens (including phenoxy) is 1. The van der Waals surface area contributed by atoms with E-state index in [2.05, 4.69) is 41.1 Å². The Balaban J connectivity index is 1.59. The first-order chi connectivity index (χ1) is 13.4. The summed E-state index contributed by atoms with van der Waals surface area (Å²) < 4.78 is 5.58. The van der Waals surface area contributed by atoms with Crippen LogP contribution in [0.15, 0.2) is 24.3 Å². The fraction of sp³-hybridized carbons (Fsp3) is 0.625. The smallest absolute Gasteiger partial charge is 0.306 e. The SMILES string of the molecule is CC[C@@H]1C[C@H](CCC(=O)OC(C)(C)C)[C@H]2c3[nH]c4ccccc4c3CCN2C1. The molecule has 0 unspecified atom stereocenters. The van der Waals surface area contributed by atoms with E-state index >= 15 is 0 Å². The largest absolute Gasteiger partial charge is 0.460 e. The first-order valence-electron chi connectivity index (χ1n) is 10.9. The maximum atomic E-state index is 12.4. The van der Waals surface area contributed by atoms with Crippen molar-refractivity contribution in [2.75, 3.05) is 13.1 Å². The normalized spacial score (nSPS) is 25.4. The zero-order valence-electron chi connectivity index (χ0n) is 17.8. The molecule has 1 aromatic heterocycles. The lowest BCUT2D eigenvalue weighted by atomic mass is 9.76. The van der Waals surface area contributed by atoms with Crippen molar-refractivity contribution in [3.63, 3.8) is 0 Å². The number of H-pyrrole nitrogens is 1. The van der Waals surface area contributed by atoms with Crippen LogP contribution in [0.1, 0.15) is 70.7 Å². The molecule has 0 bridgehead atoms. The lowest BCUT2D eigenvalue weighted by Crippen LogP contribution is -2.46. The summed E-state index contributed by atoms with van der Waals surface area (Å²) >= 11 is 0. The number of nitrogens with zero attached hydrogens (tertiary/aromatic N) is 1. The van der Waals surface area contributed by atoms with Crippen molar-refractivity contribution in [3.05, 3.63) is 35.5 Å². The Labute approximate surface area is 168 Å². The standard InChI is InChI=1S/C24H34N2O2/c1-5-16-14-17(10-11-21(27)28-24(2,3)4)23-22-19(12-13-26(23)15-16)18-8-6-7-9-20(18)25-22/h6-9,16-17,23,25H,5,10-15H2,1-4H3/t16-,17+,23+/m1/s1. The fourth-order valence-corrected chi connectivity index (χ4v) is 5.29. The quantitative estimate of drug-likeness (QED) is 0.736. The summed E-state index contributed by atoms with van der Waals surface area (Å²) in [5.74, 6) is 1.16. The highest BCUT2D eigenvalue weighted by Gasteiger charge is 2.41. The number of rotatable bonds is 4. The summed E-state index contributed by atoms with van der Waals surface area (Å²) in [7, 11) is 0. The predicted octanol–water partition coefficient (Wildman–Crippen LogP) is 5.24. The highest BCUT2D eigenvalue weighted by molar-refractivity contribution is 5.85. The van der Waals surface area contributed by atoms with Crippen LogP contribution in [0.2, 0.25) is 0 Å². The Bertz CT molecular complexity index is 848. The van der Waals surface area contributed by atoms with Crippen molar-refractivity contribution in [1.29, 1.82) is 0 Å². The molecule has 2 aromatic rings. The number of nitrogens with one attached hydrogen (secondary N) is 1. The molecule has 0 aliphatic carbocycles. The number of hydrogen-bond donors (Lipinski definition) is 1. The van der Waals surface area contributed by atoms with Gasteiger partial charge in [-0.2, -0.15) is 0 Å². The average molecular weight is 383 g/mol. The van der Waals surface area contributed by atoms with Crippen molar-refractivity contribution in [1.82, 2.24) is 9.88 Å². The molecule has 0 amide bonds. The number of benzene rings is 1. The first kappa shape index (κ1) is 19.5. The summed E-state index contributed by atoms with van der Waals surface area (Å²) in [5.41, 5.74) is 3.74. The predicted molar refractivity (Wildman–Crippen MR) is 113 cm³/mol. The molecule has 152 valence electrons. The number of esters is 1. The third-order valence-corrected chi connectivity index (χ3v) is 6.48. The minimum Gasteiger partial charge on any atom is -0.460 e. The molecule has 1 saturated heterocycles. The van der Waals surface area contributed by atoms with Gasteiger partial charge < -0.3 is 9.72 Å². The Morgan fingerprint density at radius 1 is 1.29 bits per heavy atom. The average Bonchev–Trinajstić information content (AvgIpc) is 3.03. The maximum absolute atomic E-state index is 12.4. The Morgan fingerprint density at radius 2 is 2.07 bits per heavy atom. The third kappa shape index (κ3) is 3.84. The van der Waals surface area contributed by atoms with E-state index in [0.29, 0.717) is 18.4 Å². The molecule has 0 spiro atoms. The molecule has 4 heteroatoms. The topological polar surface area (TPSA) is 45.3 Å². The maximum Gasteiger partial charge on any atom is 0.306 e. The molecule has 1 fully saturated rings. The van der Waals surface area contributed by atoms with Crippen molar-refractivity contribution in [2.45, 2.75) is 71.4 Å². The number of para-hydroxylation sites is 1. The van der Waals surface area contributed by atoms with E-state index in [1.54, 1.807) is 0 Å². The van der Waals surface area contributed by atoms with Gasteiger partial charge in [0, 0.05) is 36.1 Å². The summed E-state index contributed by atoms with van der Waals surface area (Å²) in [4.78, 5) is 18.8. The second kappa shape index (κ2) is 7.55. The molecule has 1 aromatic carbocycles. The number of aromatic amines is 1.